The molecule has 0 bridgehead atoms. The molecule has 7 nitrogen and oxygen atoms in total. The third-order valence-corrected chi connectivity index (χ3v) is 2.14. The molecule has 1 rings (SSSR count). The molecule has 0 spiro atoms. The summed E-state index contributed by atoms with van der Waals surface area (Å²) in [6.07, 6.45) is 1.52. The number of hydrogen-bond donors (Lipinski definition) is 2. The Morgan fingerprint density at radius 2 is 2.47 bits per heavy atom. The number of nitrogens with zero attached hydrogens (tertiary/aromatic N) is 4. The Balaban J connectivity index is 2.68. The average molecular weight is 235 g/mol. The zero-order valence-electron chi connectivity index (χ0n) is 9.37. The van der Waals surface area contributed by atoms with Crippen LogP contribution in [0.5, 0.6) is 0 Å². The summed E-state index contributed by atoms with van der Waals surface area (Å²) in [5.74, 6) is -0.989. The minimum Gasteiger partial charge on any atom is -0.480 e. The number of nitrogens with one attached hydrogen (secondary N) is 1. The highest BCUT2D eigenvalue weighted by atomic mass is 16.4. The minimum atomic E-state index is -0.989. The molecule has 0 aliphatic rings. The van der Waals surface area contributed by atoms with Gasteiger partial charge in [0.1, 0.15) is 6.04 Å². The second kappa shape index (κ2) is 6.47. The first kappa shape index (κ1) is 13.0. The Morgan fingerprint density at radius 3 is 3.00 bits per heavy atom. The van der Waals surface area contributed by atoms with Crippen LogP contribution in [0.3, 0.4) is 0 Å². The first-order valence-corrected chi connectivity index (χ1v) is 5.04. The van der Waals surface area contributed by atoms with Crippen LogP contribution in [0.1, 0.15) is 17.3 Å². The third kappa shape index (κ3) is 4.10. The number of carbonyl (C=O) groups is 1. The standard InChI is InChI=1S/C10H13N5O2/c1-7-2-3-8(6-13-7)9(10(16)17)12-4-5-14-15-11/h2-3,6,9,12H,4-5H2,1H3,(H,16,17). The molecular weight excluding hydrogens is 222 g/mol. The average Bonchev–Trinajstić information content (AvgIpc) is 2.30. The highest BCUT2D eigenvalue weighted by molar-refractivity contribution is 5.75. The molecule has 0 radical (unpaired) electrons. The van der Waals surface area contributed by atoms with Crippen molar-refractivity contribution in [3.63, 3.8) is 0 Å². The van der Waals surface area contributed by atoms with Crippen LogP contribution in [0, 0.1) is 6.92 Å². The fraction of sp³-hybridized carbons (Fsp3) is 0.400. The first-order valence-electron chi connectivity index (χ1n) is 5.04. The van der Waals surface area contributed by atoms with E-state index in [1.54, 1.807) is 12.1 Å². The normalized spacial score (nSPS) is 11.6. The molecule has 0 amide bonds. The predicted molar refractivity (Wildman–Crippen MR) is 61.4 cm³/mol. The van der Waals surface area contributed by atoms with Gasteiger partial charge in [-0.2, -0.15) is 0 Å². The Labute approximate surface area is 98.1 Å². The van der Waals surface area contributed by atoms with Gasteiger partial charge in [-0.1, -0.05) is 11.2 Å². The number of hydrogen-bond acceptors (Lipinski definition) is 4. The SMILES string of the molecule is Cc1ccc(C(NCCN=[N+]=[N-])C(=O)O)cn1. The van der Waals surface area contributed by atoms with E-state index in [0.717, 1.165) is 5.69 Å². The number of azide groups is 1. The van der Waals surface area contributed by atoms with Crippen molar-refractivity contribution in [2.75, 3.05) is 13.1 Å². The van der Waals surface area contributed by atoms with E-state index < -0.39 is 12.0 Å². The zero-order valence-corrected chi connectivity index (χ0v) is 9.37. The molecule has 90 valence electrons. The van der Waals surface area contributed by atoms with Gasteiger partial charge in [-0.25, -0.2) is 0 Å². The Hall–Kier alpha value is -2.11. The summed E-state index contributed by atoms with van der Waals surface area (Å²) >= 11 is 0. The second-order valence-electron chi connectivity index (χ2n) is 3.41. The summed E-state index contributed by atoms with van der Waals surface area (Å²) in [6, 6.07) is 2.62. The van der Waals surface area contributed by atoms with E-state index >= 15 is 0 Å². The molecule has 1 atom stereocenters. The molecule has 0 saturated heterocycles. The van der Waals surface area contributed by atoms with Gasteiger partial charge in [0.15, 0.2) is 0 Å². The summed E-state index contributed by atoms with van der Waals surface area (Å²) in [6.45, 7) is 2.34. The van der Waals surface area contributed by atoms with Gasteiger partial charge < -0.3 is 10.4 Å². The largest absolute Gasteiger partial charge is 0.480 e. The fourth-order valence-corrected chi connectivity index (χ4v) is 1.30. The van der Waals surface area contributed by atoms with E-state index in [9.17, 15) is 4.79 Å². The smallest absolute Gasteiger partial charge is 0.325 e. The number of pyridine rings is 1. The maximum absolute atomic E-state index is 11.1. The van der Waals surface area contributed by atoms with Gasteiger partial charge in [0.25, 0.3) is 0 Å². The van der Waals surface area contributed by atoms with Crippen LogP contribution < -0.4 is 5.32 Å². The number of rotatable bonds is 6. The molecule has 0 saturated carbocycles. The predicted octanol–water partition coefficient (Wildman–Crippen LogP) is 1.42. The van der Waals surface area contributed by atoms with Crippen LogP contribution in [0.4, 0.5) is 0 Å². The van der Waals surface area contributed by atoms with Crippen molar-refractivity contribution in [2.45, 2.75) is 13.0 Å². The summed E-state index contributed by atoms with van der Waals surface area (Å²) < 4.78 is 0. The van der Waals surface area contributed by atoms with Gasteiger partial charge in [-0.05, 0) is 24.1 Å². The molecule has 0 aromatic carbocycles. The van der Waals surface area contributed by atoms with Crippen molar-refractivity contribution in [3.8, 4) is 0 Å². The summed E-state index contributed by atoms with van der Waals surface area (Å²) in [7, 11) is 0. The minimum absolute atomic E-state index is 0.208. The highest BCUT2D eigenvalue weighted by Gasteiger charge is 2.18. The van der Waals surface area contributed by atoms with E-state index in [2.05, 4.69) is 20.3 Å². The van der Waals surface area contributed by atoms with Crippen LogP contribution in [0.2, 0.25) is 0 Å². The summed E-state index contributed by atoms with van der Waals surface area (Å²) in [5.41, 5.74) is 9.49. The van der Waals surface area contributed by atoms with Crippen molar-refractivity contribution in [2.24, 2.45) is 5.11 Å². The van der Waals surface area contributed by atoms with Crippen molar-refractivity contribution in [1.82, 2.24) is 10.3 Å². The number of carboxylic acid groups (broad SMARTS) is 1. The van der Waals surface area contributed by atoms with Crippen molar-refractivity contribution in [3.05, 3.63) is 40.0 Å². The molecule has 1 heterocycles. The fourth-order valence-electron chi connectivity index (χ4n) is 1.30. The summed E-state index contributed by atoms with van der Waals surface area (Å²) in [4.78, 5) is 17.7. The zero-order chi connectivity index (χ0) is 12.7. The van der Waals surface area contributed by atoms with E-state index in [0.29, 0.717) is 12.1 Å². The first-order chi connectivity index (χ1) is 8.15. The van der Waals surface area contributed by atoms with E-state index in [-0.39, 0.29) is 6.54 Å². The van der Waals surface area contributed by atoms with Gasteiger partial charge in [0, 0.05) is 29.9 Å². The lowest BCUT2D eigenvalue weighted by molar-refractivity contribution is -0.139. The number of aryl methyl sites for hydroxylation is 1. The maximum Gasteiger partial charge on any atom is 0.325 e. The van der Waals surface area contributed by atoms with Crippen molar-refractivity contribution >= 4 is 5.97 Å². The topological polar surface area (TPSA) is 111 Å². The molecule has 0 aliphatic carbocycles. The Kier molecular flexibility index (Phi) is 4.93. The quantitative estimate of drug-likeness (QED) is 0.336. The van der Waals surface area contributed by atoms with E-state index in [1.807, 2.05) is 6.92 Å². The van der Waals surface area contributed by atoms with E-state index in [4.69, 9.17) is 10.6 Å². The highest BCUT2D eigenvalue weighted by Crippen LogP contribution is 2.12. The number of aromatic nitrogens is 1. The van der Waals surface area contributed by atoms with Crippen LogP contribution in [0.25, 0.3) is 10.4 Å². The molecule has 7 heteroatoms. The van der Waals surface area contributed by atoms with Gasteiger partial charge in [0.05, 0.1) is 0 Å². The van der Waals surface area contributed by atoms with Crippen LogP contribution >= 0.6 is 0 Å². The van der Waals surface area contributed by atoms with Gasteiger partial charge >= 0.3 is 5.97 Å². The maximum atomic E-state index is 11.1. The lowest BCUT2D eigenvalue weighted by atomic mass is 10.1. The number of carboxylic acids is 1. The van der Waals surface area contributed by atoms with E-state index in [1.165, 1.54) is 6.20 Å². The number of aliphatic carboxylic acids is 1. The molecule has 2 N–H and O–H groups in total. The van der Waals surface area contributed by atoms with Gasteiger partial charge in [0.2, 0.25) is 0 Å². The molecule has 17 heavy (non-hydrogen) atoms. The molecule has 1 unspecified atom stereocenters. The van der Waals surface area contributed by atoms with Crippen LogP contribution in [-0.2, 0) is 4.79 Å². The van der Waals surface area contributed by atoms with Gasteiger partial charge in [-0.3, -0.25) is 9.78 Å². The lowest BCUT2D eigenvalue weighted by Gasteiger charge is -2.13. The second-order valence-corrected chi connectivity index (χ2v) is 3.41. The molecular formula is C10H13N5O2. The molecule has 1 aromatic heterocycles. The van der Waals surface area contributed by atoms with Crippen LogP contribution in [-0.4, -0.2) is 29.1 Å². The molecule has 0 fully saturated rings. The van der Waals surface area contributed by atoms with Crippen molar-refractivity contribution in [1.29, 1.82) is 0 Å². The third-order valence-electron chi connectivity index (χ3n) is 2.14. The molecule has 0 aliphatic heterocycles. The lowest BCUT2D eigenvalue weighted by Crippen LogP contribution is -2.30. The summed E-state index contributed by atoms with van der Waals surface area (Å²) in [5, 5.41) is 15.2. The Morgan fingerprint density at radius 1 is 1.71 bits per heavy atom. The van der Waals surface area contributed by atoms with Crippen molar-refractivity contribution < 1.29 is 9.90 Å². The Bertz CT molecular complexity index is 425. The van der Waals surface area contributed by atoms with Gasteiger partial charge in [-0.15, -0.1) is 0 Å². The monoisotopic (exact) mass is 235 g/mol. The van der Waals surface area contributed by atoms with Crippen LogP contribution in [0.15, 0.2) is 23.4 Å². The molecule has 1 aromatic rings.